The zero-order valence-corrected chi connectivity index (χ0v) is 10.3. The summed E-state index contributed by atoms with van der Waals surface area (Å²) >= 11 is 0. The molecule has 0 bridgehead atoms. The van der Waals surface area contributed by atoms with Crippen LogP contribution in [-0.2, 0) is 18.0 Å². The second-order valence-corrected chi connectivity index (χ2v) is 3.86. The van der Waals surface area contributed by atoms with Gasteiger partial charge in [-0.2, -0.15) is 0 Å². The molecule has 100 valence electrons. The Morgan fingerprint density at radius 3 is 2.89 bits per heavy atom. The number of nitrogens with two attached hydrogens (primary N) is 1. The van der Waals surface area contributed by atoms with Crippen LogP contribution in [0.1, 0.15) is 16.1 Å². The molecule has 3 N–H and O–H groups in total. The lowest BCUT2D eigenvalue weighted by Crippen LogP contribution is -2.24. The summed E-state index contributed by atoms with van der Waals surface area (Å²) in [5.41, 5.74) is 8.86. The van der Waals surface area contributed by atoms with E-state index in [2.05, 4.69) is 15.8 Å². The van der Waals surface area contributed by atoms with E-state index in [1.165, 1.54) is 10.9 Å². The number of benzene rings is 1. The zero-order chi connectivity index (χ0) is 13.5. The van der Waals surface area contributed by atoms with Crippen molar-refractivity contribution in [2.75, 3.05) is 6.54 Å². The standard InChI is InChI=1S/C12H15N5O2/c13-6-7-17-8-11(14-16-17)12(18)15-19-9-10-4-2-1-3-5-10/h1-5,8H,6-7,9,13H2,(H,15,18). The van der Waals surface area contributed by atoms with Gasteiger partial charge in [-0.1, -0.05) is 35.5 Å². The summed E-state index contributed by atoms with van der Waals surface area (Å²) in [7, 11) is 0. The molecule has 0 fully saturated rings. The van der Waals surface area contributed by atoms with E-state index in [9.17, 15) is 4.79 Å². The first-order valence-electron chi connectivity index (χ1n) is 5.86. The zero-order valence-electron chi connectivity index (χ0n) is 10.3. The Morgan fingerprint density at radius 1 is 1.37 bits per heavy atom. The molecule has 1 aromatic heterocycles. The molecule has 19 heavy (non-hydrogen) atoms. The van der Waals surface area contributed by atoms with Crippen LogP contribution >= 0.6 is 0 Å². The third kappa shape index (κ3) is 3.87. The Balaban J connectivity index is 1.80. The molecule has 0 saturated heterocycles. The topological polar surface area (TPSA) is 95.1 Å². The van der Waals surface area contributed by atoms with Crippen molar-refractivity contribution < 1.29 is 9.63 Å². The van der Waals surface area contributed by atoms with Gasteiger partial charge in [0.05, 0.1) is 19.3 Å². The SMILES string of the molecule is NCCn1cc(C(=O)NOCc2ccccc2)nn1. The first kappa shape index (κ1) is 13.2. The average molecular weight is 261 g/mol. The van der Waals surface area contributed by atoms with Crippen LogP contribution in [0.5, 0.6) is 0 Å². The Kier molecular flexibility index (Phi) is 4.60. The minimum atomic E-state index is -0.431. The van der Waals surface area contributed by atoms with Gasteiger partial charge < -0.3 is 5.73 Å². The first-order valence-corrected chi connectivity index (χ1v) is 5.86. The number of nitrogens with zero attached hydrogens (tertiary/aromatic N) is 3. The number of carbonyl (C=O) groups is 1. The molecule has 0 unspecified atom stereocenters. The molecule has 1 aromatic carbocycles. The summed E-state index contributed by atoms with van der Waals surface area (Å²) in [5, 5.41) is 7.49. The van der Waals surface area contributed by atoms with Crippen molar-refractivity contribution in [1.82, 2.24) is 20.5 Å². The van der Waals surface area contributed by atoms with Crippen molar-refractivity contribution >= 4 is 5.91 Å². The summed E-state index contributed by atoms with van der Waals surface area (Å²) in [5.74, 6) is -0.431. The normalized spacial score (nSPS) is 10.4. The van der Waals surface area contributed by atoms with Crippen LogP contribution < -0.4 is 11.2 Å². The summed E-state index contributed by atoms with van der Waals surface area (Å²) < 4.78 is 1.51. The Labute approximate surface area is 110 Å². The molecule has 0 saturated carbocycles. The van der Waals surface area contributed by atoms with Gasteiger partial charge in [0, 0.05) is 6.54 Å². The van der Waals surface area contributed by atoms with Crippen LogP contribution in [0.2, 0.25) is 0 Å². The van der Waals surface area contributed by atoms with Gasteiger partial charge >= 0.3 is 0 Å². The highest BCUT2D eigenvalue weighted by Gasteiger charge is 2.10. The number of amides is 1. The lowest BCUT2D eigenvalue weighted by molar-refractivity contribution is 0.0229. The molecule has 2 rings (SSSR count). The molecular weight excluding hydrogens is 246 g/mol. The number of hydrogen-bond donors (Lipinski definition) is 2. The number of hydrogen-bond acceptors (Lipinski definition) is 5. The largest absolute Gasteiger partial charge is 0.329 e. The molecule has 1 heterocycles. The second kappa shape index (κ2) is 6.62. The number of rotatable bonds is 6. The van der Waals surface area contributed by atoms with Crippen molar-refractivity contribution in [1.29, 1.82) is 0 Å². The smallest absolute Gasteiger partial charge is 0.297 e. The Hall–Kier alpha value is -2.25. The maximum Gasteiger partial charge on any atom is 0.297 e. The minimum Gasteiger partial charge on any atom is -0.329 e. The lowest BCUT2D eigenvalue weighted by Gasteiger charge is -2.03. The third-order valence-electron chi connectivity index (χ3n) is 2.38. The molecule has 0 aliphatic carbocycles. The Morgan fingerprint density at radius 2 is 2.16 bits per heavy atom. The molecular formula is C12H15N5O2. The van der Waals surface area contributed by atoms with Crippen LogP contribution in [0.3, 0.4) is 0 Å². The van der Waals surface area contributed by atoms with Gasteiger partial charge in [-0.05, 0) is 5.56 Å². The van der Waals surface area contributed by atoms with E-state index in [1.54, 1.807) is 0 Å². The van der Waals surface area contributed by atoms with E-state index in [-0.39, 0.29) is 5.69 Å². The maximum absolute atomic E-state index is 11.7. The number of nitrogens with one attached hydrogen (secondary N) is 1. The van der Waals surface area contributed by atoms with Crippen molar-refractivity contribution in [2.45, 2.75) is 13.2 Å². The molecule has 0 aliphatic heterocycles. The fraction of sp³-hybridized carbons (Fsp3) is 0.250. The van der Waals surface area contributed by atoms with Gasteiger partial charge in [-0.25, -0.2) is 5.48 Å². The maximum atomic E-state index is 11.7. The monoisotopic (exact) mass is 261 g/mol. The quantitative estimate of drug-likeness (QED) is 0.719. The first-order chi connectivity index (χ1) is 9.29. The predicted molar refractivity (Wildman–Crippen MR) is 67.8 cm³/mol. The second-order valence-electron chi connectivity index (χ2n) is 3.86. The van der Waals surface area contributed by atoms with Gasteiger partial charge in [0.1, 0.15) is 0 Å². The van der Waals surface area contributed by atoms with Crippen LogP contribution in [0.15, 0.2) is 36.5 Å². The van der Waals surface area contributed by atoms with Crippen molar-refractivity contribution in [3.05, 3.63) is 47.8 Å². The molecule has 0 radical (unpaired) electrons. The van der Waals surface area contributed by atoms with Crippen molar-refractivity contribution in [3.63, 3.8) is 0 Å². The van der Waals surface area contributed by atoms with Gasteiger partial charge in [-0.15, -0.1) is 5.10 Å². The highest BCUT2D eigenvalue weighted by molar-refractivity contribution is 5.90. The summed E-state index contributed by atoms with van der Waals surface area (Å²) in [6.45, 7) is 1.25. The van der Waals surface area contributed by atoms with Crippen LogP contribution in [-0.4, -0.2) is 27.4 Å². The fourth-order valence-electron chi connectivity index (χ4n) is 1.46. The van der Waals surface area contributed by atoms with Crippen molar-refractivity contribution in [2.24, 2.45) is 5.73 Å². The molecule has 2 aromatic rings. The van der Waals surface area contributed by atoms with Gasteiger partial charge in [-0.3, -0.25) is 14.3 Å². The fourth-order valence-corrected chi connectivity index (χ4v) is 1.46. The van der Waals surface area contributed by atoms with Gasteiger partial charge in [0.2, 0.25) is 0 Å². The highest BCUT2D eigenvalue weighted by Crippen LogP contribution is 1.99. The number of carbonyl (C=O) groups excluding carboxylic acids is 1. The van der Waals surface area contributed by atoms with E-state index in [4.69, 9.17) is 10.6 Å². The van der Waals surface area contributed by atoms with E-state index >= 15 is 0 Å². The predicted octanol–water partition coefficient (Wildman–Crippen LogP) is 0.0984. The number of hydroxylamine groups is 1. The molecule has 1 amide bonds. The molecule has 0 aliphatic rings. The van der Waals surface area contributed by atoms with Gasteiger partial charge in [0.25, 0.3) is 5.91 Å². The van der Waals surface area contributed by atoms with Crippen LogP contribution in [0.4, 0.5) is 0 Å². The lowest BCUT2D eigenvalue weighted by atomic mass is 10.2. The summed E-state index contributed by atoms with van der Waals surface area (Å²) in [6, 6.07) is 9.53. The van der Waals surface area contributed by atoms with Crippen molar-refractivity contribution in [3.8, 4) is 0 Å². The molecule has 0 spiro atoms. The summed E-state index contributed by atoms with van der Waals surface area (Å²) in [4.78, 5) is 16.8. The van der Waals surface area contributed by atoms with Crippen LogP contribution in [0, 0.1) is 0 Å². The molecule has 7 heteroatoms. The van der Waals surface area contributed by atoms with Gasteiger partial charge in [0.15, 0.2) is 5.69 Å². The molecule has 0 atom stereocenters. The molecule has 7 nitrogen and oxygen atoms in total. The third-order valence-corrected chi connectivity index (χ3v) is 2.38. The van der Waals surface area contributed by atoms with E-state index in [0.717, 1.165) is 5.56 Å². The highest BCUT2D eigenvalue weighted by atomic mass is 16.6. The number of aromatic nitrogens is 3. The van der Waals surface area contributed by atoms with E-state index in [1.807, 2.05) is 30.3 Å². The van der Waals surface area contributed by atoms with E-state index in [0.29, 0.717) is 19.7 Å². The van der Waals surface area contributed by atoms with E-state index < -0.39 is 5.91 Å². The summed E-state index contributed by atoms with van der Waals surface area (Å²) in [6.07, 6.45) is 1.52. The Bertz CT molecular complexity index is 526. The van der Waals surface area contributed by atoms with Crippen LogP contribution in [0.25, 0.3) is 0 Å². The minimum absolute atomic E-state index is 0.196. The average Bonchev–Trinajstić information content (AvgIpc) is 2.89.